The third-order valence-electron chi connectivity index (χ3n) is 3.72. The summed E-state index contributed by atoms with van der Waals surface area (Å²) in [6, 6.07) is 7.26. The van der Waals surface area contributed by atoms with Crippen molar-refractivity contribution in [1.82, 2.24) is 14.5 Å². The Hall–Kier alpha value is -1.93. The van der Waals surface area contributed by atoms with E-state index in [0.29, 0.717) is 23.5 Å². The van der Waals surface area contributed by atoms with Crippen LogP contribution >= 0.6 is 0 Å². The number of anilines is 1. The molecule has 1 aliphatic carbocycles. The van der Waals surface area contributed by atoms with E-state index >= 15 is 0 Å². The van der Waals surface area contributed by atoms with Crippen LogP contribution in [-0.4, -0.2) is 43.1 Å². The first-order chi connectivity index (χ1) is 10.5. The van der Waals surface area contributed by atoms with Crippen LogP contribution in [-0.2, 0) is 10.0 Å². The maximum Gasteiger partial charge on any atom is 0.315 e. The van der Waals surface area contributed by atoms with Gasteiger partial charge in [0.2, 0.25) is 15.9 Å². The molecule has 118 valence electrons. The number of nitrogens with one attached hydrogen (secondary N) is 1. The Morgan fingerprint density at radius 2 is 2.05 bits per heavy atom. The zero-order valence-electron chi connectivity index (χ0n) is 12.5. The van der Waals surface area contributed by atoms with E-state index in [1.807, 2.05) is 0 Å². The second kappa shape index (κ2) is 5.69. The maximum atomic E-state index is 12.2. The van der Waals surface area contributed by atoms with E-state index in [1.54, 1.807) is 18.2 Å². The van der Waals surface area contributed by atoms with Crippen LogP contribution in [0.15, 0.2) is 33.6 Å². The van der Waals surface area contributed by atoms with Crippen molar-refractivity contribution in [2.75, 3.05) is 19.4 Å². The number of benzene rings is 1. The Labute approximate surface area is 129 Å². The SMILES string of the molecule is CN(C)S(=O)(=O)c1cccc(-c2nnc(NC3CCC3)o2)c1. The van der Waals surface area contributed by atoms with Gasteiger partial charge in [-0.05, 0) is 37.5 Å². The average molecular weight is 322 g/mol. The van der Waals surface area contributed by atoms with Gasteiger partial charge >= 0.3 is 6.01 Å². The highest BCUT2D eigenvalue weighted by Gasteiger charge is 2.21. The molecule has 7 nitrogen and oxygen atoms in total. The zero-order chi connectivity index (χ0) is 15.7. The molecule has 0 spiro atoms. The number of hydrogen-bond donors (Lipinski definition) is 1. The highest BCUT2D eigenvalue weighted by atomic mass is 32.2. The van der Waals surface area contributed by atoms with E-state index in [1.165, 1.54) is 30.9 Å². The van der Waals surface area contributed by atoms with Crippen molar-refractivity contribution in [3.05, 3.63) is 24.3 Å². The fraction of sp³-hybridized carbons (Fsp3) is 0.429. The monoisotopic (exact) mass is 322 g/mol. The lowest BCUT2D eigenvalue weighted by Crippen LogP contribution is -2.27. The lowest BCUT2D eigenvalue weighted by atomic mass is 9.93. The van der Waals surface area contributed by atoms with Crippen molar-refractivity contribution in [2.24, 2.45) is 0 Å². The number of nitrogens with zero attached hydrogens (tertiary/aromatic N) is 3. The number of hydrogen-bond acceptors (Lipinski definition) is 6. The standard InChI is InChI=1S/C14H18N4O3S/c1-18(2)22(19,20)12-8-3-5-10(9-12)13-16-17-14(21-13)15-11-6-4-7-11/h3,5,8-9,11H,4,6-7H2,1-2H3,(H,15,17). The van der Waals surface area contributed by atoms with E-state index in [9.17, 15) is 8.42 Å². The number of rotatable bonds is 5. The molecule has 1 aliphatic rings. The molecule has 0 saturated heterocycles. The van der Waals surface area contributed by atoms with E-state index < -0.39 is 10.0 Å². The maximum absolute atomic E-state index is 12.2. The van der Waals surface area contributed by atoms with Crippen molar-refractivity contribution in [2.45, 2.75) is 30.2 Å². The van der Waals surface area contributed by atoms with Gasteiger partial charge in [-0.25, -0.2) is 12.7 Å². The van der Waals surface area contributed by atoms with Crippen molar-refractivity contribution in [3.8, 4) is 11.5 Å². The Morgan fingerprint density at radius 3 is 2.68 bits per heavy atom. The molecular weight excluding hydrogens is 304 g/mol. The van der Waals surface area contributed by atoms with Gasteiger partial charge in [0.25, 0.3) is 0 Å². The summed E-state index contributed by atoms with van der Waals surface area (Å²) in [6.07, 6.45) is 3.42. The first kappa shape index (κ1) is 15.0. The predicted octanol–water partition coefficient (Wildman–Crippen LogP) is 1.95. The minimum Gasteiger partial charge on any atom is -0.403 e. The molecule has 1 saturated carbocycles. The van der Waals surface area contributed by atoms with Gasteiger partial charge in [-0.3, -0.25) is 0 Å². The van der Waals surface area contributed by atoms with Gasteiger partial charge in [0.05, 0.1) is 4.90 Å². The van der Waals surface area contributed by atoms with Gasteiger partial charge in [0.15, 0.2) is 0 Å². The van der Waals surface area contributed by atoms with Gasteiger partial charge in [0, 0.05) is 25.7 Å². The van der Waals surface area contributed by atoms with Crippen molar-refractivity contribution < 1.29 is 12.8 Å². The number of aromatic nitrogens is 2. The van der Waals surface area contributed by atoms with Crippen molar-refractivity contribution in [3.63, 3.8) is 0 Å². The Morgan fingerprint density at radius 1 is 1.27 bits per heavy atom. The van der Waals surface area contributed by atoms with Crippen LogP contribution in [0.1, 0.15) is 19.3 Å². The minimum absolute atomic E-state index is 0.196. The summed E-state index contributed by atoms with van der Waals surface area (Å²) in [4.78, 5) is 0.196. The summed E-state index contributed by atoms with van der Waals surface area (Å²) >= 11 is 0. The molecule has 8 heteroatoms. The first-order valence-corrected chi connectivity index (χ1v) is 8.54. The van der Waals surface area contributed by atoms with Crippen LogP contribution in [0.25, 0.3) is 11.5 Å². The van der Waals surface area contributed by atoms with Crippen LogP contribution in [0.3, 0.4) is 0 Å². The first-order valence-electron chi connectivity index (χ1n) is 7.10. The zero-order valence-corrected chi connectivity index (χ0v) is 13.3. The van der Waals surface area contributed by atoms with Crippen LogP contribution in [0, 0.1) is 0 Å². The third-order valence-corrected chi connectivity index (χ3v) is 5.53. The summed E-state index contributed by atoms with van der Waals surface area (Å²) in [5.74, 6) is 0.303. The van der Waals surface area contributed by atoms with E-state index in [-0.39, 0.29) is 4.90 Å². The second-order valence-corrected chi connectivity index (χ2v) is 7.65. The summed E-state index contributed by atoms with van der Waals surface area (Å²) in [5, 5.41) is 11.1. The molecule has 0 radical (unpaired) electrons. The van der Waals surface area contributed by atoms with Crippen molar-refractivity contribution >= 4 is 16.0 Å². The van der Waals surface area contributed by atoms with Crippen LogP contribution < -0.4 is 5.32 Å². The quantitative estimate of drug-likeness (QED) is 0.905. The summed E-state index contributed by atoms with van der Waals surface area (Å²) in [6.45, 7) is 0. The molecule has 3 rings (SSSR count). The smallest absolute Gasteiger partial charge is 0.315 e. The highest BCUT2D eigenvalue weighted by molar-refractivity contribution is 7.89. The van der Waals surface area contributed by atoms with Gasteiger partial charge < -0.3 is 9.73 Å². The molecule has 0 unspecified atom stereocenters. The third kappa shape index (κ3) is 2.84. The van der Waals surface area contributed by atoms with E-state index in [2.05, 4.69) is 15.5 Å². The van der Waals surface area contributed by atoms with Gasteiger partial charge in [-0.15, -0.1) is 5.10 Å². The highest BCUT2D eigenvalue weighted by Crippen LogP contribution is 2.26. The molecular formula is C14H18N4O3S. The van der Waals surface area contributed by atoms with Crippen molar-refractivity contribution in [1.29, 1.82) is 0 Å². The average Bonchev–Trinajstić information content (AvgIpc) is 2.91. The van der Waals surface area contributed by atoms with E-state index in [0.717, 1.165) is 12.8 Å². The van der Waals surface area contributed by atoms with Crippen LogP contribution in [0.2, 0.25) is 0 Å². The molecule has 0 amide bonds. The molecule has 1 fully saturated rings. The van der Waals surface area contributed by atoms with Gasteiger partial charge in [-0.2, -0.15) is 0 Å². The molecule has 2 aromatic rings. The fourth-order valence-electron chi connectivity index (χ4n) is 2.13. The van der Waals surface area contributed by atoms with E-state index in [4.69, 9.17) is 4.42 Å². The number of sulfonamides is 1. The van der Waals surface area contributed by atoms with Crippen LogP contribution in [0.5, 0.6) is 0 Å². The molecule has 0 atom stereocenters. The molecule has 1 heterocycles. The molecule has 22 heavy (non-hydrogen) atoms. The lowest BCUT2D eigenvalue weighted by Gasteiger charge is -2.24. The topological polar surface area (TPSA) is 88.3 Å². The van der Waals surface area contributed by atoms with Gasteiger partial charge in [-0.1, -0.05) is 11.2 Å². The molecule has 1 N–H and O–H groups in total. The molecule has 1 aromatic heterocycles. The Bertz CT molecular complexity index is 766. The summed E-state index contributed by atoms with van der Waals surface area (Å²) in [5.41, 5.74) is 0.581. The predicted molar refractivity (Wildman–Crippen MR) is 81.9 cm³/mol. The second-order valence-electron chi connectivity index (χ2n) is 5.50. The Balaban J connectivity index is 1.86. The molecule has 0 bridgehead atoms. The summed E-state index contributed by atoms with van der Waals surface area (Å²) < 4.78 is 31.1. The fourth-order valence-corrected chi connectivity index (χ4v) is 3.07. The largest absolute Gasteiger partial charge is 0.403 e. The normalized spacial score (nSPS) is 15.8. The lowest BCUT2D eigenvalue weighted by molar-refractivity contribution is 0.430. The summed E-state index contributed by atoms with van der Waals surface area (Å²) in [7, 11) is -0.496. The molecule has 1 aromatic carbocycles. The van der Waals surface area contributed by atoms with Gasteiger partial charge in [0.1, 0.15) is 0 Å². The molecule has 0 aliphatic heterocycles. The van der Waals surface area contributed by atoms with Crippen LogP contribution in [0.4, 0.5) is 6.01 Å². The Kier molecular flexibility index (Phi) is 3.88. The minimum atomic E-state index is -3.49.